The fourth-order valence-electron chi connectivity index (χ4n) is 2.31. The summed E-state index contributed by atoms with van der Waals surface area (Å²) < 4.78 is 5.46. The summed E-state index contributed by atoms with van der Waals surface area (Å²) in [6, 6.07) is 13.0. The molecule has 0 aliphatic rings. The highest BCUT2D eigenvalue weighted by Crippen LogP contribution is 2.23. The van der Waals surface area contributed by atoms with Crippen LogP contribution < -0.4 is 5.32 Å². The van der Waals surface area contributed by atoms with Crippen LogP contribution in [0.1, 0.15) is 20.9 Å². The van der Waals surface area contributed by atoms with Crippen LogP contribution in [-0.2, 0) is 0 Å². The maximum atomic E-state index is 12.3. The predicted octanol–water partition coefficient (Wildman–Crippen LogP) is 3.80. The van der Waals surface area contributed by atoms with Gasteiger partial charge in [-0.3, -0.25) is 19.7 Å². The molecule has 0 saturated heterocycles. The summed E-state index contributed by atoms with van der Waals surface area (Å²) in [5.41, 5.74) is 0.958. The zero-order valence-electron chi connectivity index (χ0n) is 12.7. The Hall–Kier alpha value is -3.19. The second kappa shape index (κ2) is 6.74. The molecule has 1 amide bonds. The van der Waals surface area contributed by atoms with E-state index < -0.39 is 23.2 Å². The SMILES string of the molecule is O=C(Nc1ccc(C(=O)C[N+](=O)[O-])c(Cl)c1)c1cc2ccccc2o1. The van der Waals surface area contributed by atoms with E-state index in [1.807, 2.05) is 12.1 Å². The van der Waals surface area contributed by atoms with Crippen LogP contribution in [0.15, 0.2) is 52.9 Å². The van der Waals surface area contributed by atoms with Crippen LogP contribution in [-0.4, -0.2) is 23.2 Å². The van der Waals surface area contributed by atoms with Gasteiger partial charge >= 0.3 is 0 Å². The van der Waals surface area contributed by atoms with E-state index in [9.17, 15) is 19.7 Å². The Balaban J connectivity index is 1.78. The quantitative estimate of drug-likeness (QED) is 0.424. The second-order valence-corrected chi connectivity index (χ2v) is 5.62. The summed E-state index contributed by atoms with van der Waals surface area (Å²) in [6.45, 7) is -0.843. The van der Waals surface area contributed by atoms with Gasteiger partial charge in [-0.15, -0.1) is 0 Å². The molecule has 1 N–H and O–H groups in total. The van der Waals surface area contributed by atoms with Crippen LogP contribution in [0.4, 0.5) is 5.69 Å². The molecule has 0 aliphatic carbocycles. The average molecular weight is 359 g/mol. The zero-order chi connectivity index (χ0) is 18.0. The maximum absolute atomic E-state index is 12.3. The smallest absolute Gasteiger partial charge is 0.291 e. The molecule has 2 aromatic carbocycles. The molecule has 1 aromatic heterocycles. The minimum absolute atomic E-state index is 0.0225. The number of fused-ring (bicyclic) bond motifs is 1. The van der Waals surface area contributed by atoms with Gasteiger partial charge in [0.15, 0.2) is 5.76 Å². The molecule has 8 heteroatoms. The monoisotopic (exact) mass is 358 g/mol. The van der Waals surface area contributed by atoms with Gasteiger partial charge in [-0.05, 0) is 30.3 Å². The number of nitro groups is 1. The number of carbonyl (C=O) groups is 2. The van der Waals surface area contributed by atoms with Crippen molar-refractivity contribution in [3.8, 4) is 0 Å². The van der Waals surface area contributed by atoms with Crippen LogP contribution >= 0.6 is 11.6 Å². The number of halogens is 1. The molecule has 7 nitrogen and oxygen atoms in total. The number of ketones is 1. The normalized spacial score (nSPS) is 10.6. The topological polar surface area (TPSA) is 102 Å². The molecular formula is C17H11ClN2O5. The summed E-state index contributed by atoms with van der Waals surface area (Å²) >= 11 is 5.98. The fourth-order valence-corrected chi connectivity index (χ4v) is 2.59. The molecule has 0 fully saturated rings. The fraction of sp³-hybridized carbons (Fsp3) is 0.0588. The summed E-state index contributed by atoms with van der Waals surface area (Å²) in [6.07, 6.45) is 0. The highest BCUT2D eigenvalue weighted by atomic mass is 35.5. The minimum atomic E-state index is -0.843. The molecule has 1 heterocycles. The molecule has 0 saturated carbocycles. The first-order valence-electron chi connectivity index (χ1n) is 7.18. The lowest BCUT2D eigenvalue weighted by Crippen LogP contribution is -2.15. The number of hydrogen-bond acceptors (Lipinski definition) is 5. The first kappa shape index (κ1) is 16.7. The van der Waals surface area contributed by atoms with Gasteiger partial charge in [0.2, 0.25) is 5.78 Å². The highest BCUT2D eigenvalue weighted by Gasteiger charge is 2.17. The van der Waals surface area contributed by atoms with Gasteiger partial charge in [0, 0.05) is 21.6 Å². The van der Waals surface area contributed by atoms with Crippen molar-refractivity contribution in [1.82, 2.24) is 0 Å². The predicted molar refractivity (Wildman–Crippen MR) is 91.8 cm³/mol. The molecule has 25 heavy (non-hydrogen) atoms. The Morgan fingerprint density at radius 2 is 1.92 bits per heavy atom. The van der Waals surface area contributed by atoms with E-state index in [2.05, 4.69) is 5.32 Å². The third-order valence-corrected chi connectivity index (χ3v) is 3.76. The number of rotatable bonds is 5. The minimum Gasteiger partial charge on any atom is -0.451 e. The summed E-state index contributed by atoms with van der Waals surface area (Å²) in [4.78, 5) is 33.6. The molecular weight excluding hydrogens is 348 g/mol. The van der Waals surface area contributed by atoms with Crippen LogP contribution in [0.5, 0.6) is 0 Å². The molecule has 3 rings (SSSR count). The number of nitrogens with zero attached hydrogens (tertiary/aromatic N) is 1. The van der Waals surface area contributed by atoms with E-state index >= 15 is 0 Å². The Labute approximate surface area is 146 Å². The lowest BCUT2D eigenvalue weighted by atomic mass is 10.1. The zero-order valence-corrected chi connectivity index (χ0v) is 13.4. The number of hydrogen-bond donors (Lipinski definition) is 1. The van der Waals surface area contributed by atoms with Gasteiger partial charge in [-0.2, -0.15) is 0 Å². The molecule has 0 bridgehead atoms. The number of benzene rings is 2. The lowest BCUT2D eigenvalue weighted by molar-refractivity contribution is -0.465. The first-order valence-corrected chi connectivity index (χ1v) is 7.56. The maximum Gasteiger partial charge on any atom is 0.291 e. The second-order valence-electron chi connectivity index (χ2n) is 5.21. The van der Waals surface area contributed by atoms with Crippen LogP contribution in [0.25, 0.3) is 11.0 Å². The van der Waals surface area contributed by atoms with E-state index in [-0.39, 0.29) is 16.3 Å². The van der Waals surface area contributed by atoms with Gasteiger partial charge in [0.1, 0.15) is 5.58 Å². The third kappa shape index (κ3) is 3.67. The van der Waals surface area contributed by atoms with E-state index in [1.165, 1.54) is 18.2 Å². The number of para-hydroxylation sites is 1. The van der Waals surface area contributed by atoms with Crippen molar-refractivity contribution < 1.29 is 18.9 Å². The van der Waals surface area contributed by atoms with Crippen LogP contribution in [0, 0.1) is 10.1 Å². The van der Waals surface area contributed by atoms with Crippen molar-refractivity contribution in [3.63, 3.8) is 0 Å². The third-order valence-electron chi connectivity index (χ3n) is 3.45. The van der Waals surface area contributed by atoms with E-state index in [0.29, 0.717) is 11.3 Å². The number of anilines is 1. The number of nitrogens with one attached hydrogen (secondary N) is 1. The van der Waals surface area contributed by atoms with Gasteiger partial charge < -0.3 is 9.73 Å². The molecule has 0 radical (unpaired) electrons. The van der Waals surface area contributed by atoms with Crippen molar-refractivity contribution in [2.75, 3.05) is 11.9 Å². The Bertz CT molecular complexity index is 963. The Morgan fingerprint density at radius 1 is 1.16 bits per heavy atom. The summed E-state index contributed by atoms with van der Waals surface area (Å²) in [5.74, 6) is -1.05. The standard InChI is InChI=1S/C17H11ClN2O5/c18-13-8-11(5-6-12(13)14(21)9-20(23)24)19-17(22)16-7-10-3-1-2-4-15(10)25-16/h1-8H,9H2,(H,19,22). The van der Waals surface area contributed by atoms with Gasteiger partial charge in [0.05, 0.1) is 5.02 Å². The van der Waals surface area contributed by atoms with Gasteiger partial charge in [0.25, 0.3) is 12.5 Å². The van der Waals surface area contributed by atoms with Crippen molar-refractivity contribution >= 4 is 39.9 Å². The molecule has 0 unspecified atom stereocenters. The van der Waals surface area contributed by atoms with Crippen molar-refractivity contribution in [3.05, 3.63) is 75.0 Å². The molecule has 3 aromatic rings. The Kier molecular flexibility index (Phi) is 4.49. The van der Waals surface area contributed by atoms with E-state index in [4.69, 9.17) is 16.0 Å². The summed E-state index contributed by atoms with van der Waals surface area (Å²) in [5, 5.41) is 13.8. The molecule has 0 aliphatic heterocycles. The average Bonchev–Trinajstić information content (AvgIpc) is 2.98. The summed E-state index contributed by atoms with van der Waals surface area (Å²) in [7, 11) is 0. The largest absolute Gasteiger partial charge is 0.451 e. The van der Waals surface area contributed by atoms with E-state index in [1.54, 1.807) is 18.2 Å². The lowest BCUT2D eigenvalue weighted by Gasteiger charge is -2.06. The first-order chi connectivity index (χ1) is 11.9. The number of carbonyl (C=O) groups excluding carboxylic acids is 2. The van der Waals surface area contributed by atoms with Crippen molar-refractivity contribution in [2.24, 2.45) is 0 Å². The molecule has 126 valence electrons. The van der Waals surface area contributed by atoms with Crippen molar-refractivity contribution in [2.45, 2.75) is 0 Å². The number of Topliss-reactive ketones (excluding diaryl/α,β-unsaturated/α-hetero) is 1. The van der Waals surface area contributed by atoms with Gasteiger partial charge in [-0.1, -0.05) is 29.8 Å². The van der Waals surface area contributed by atoms with Gasteiger partial charge in [-0.25, -0.2) is 0 Å². The molecule has 0 spiro atoms. The highest BCUT2D eigenvalue weighted by molar-refractivity contribution is 6.34. The van der Waals surface area contributed by atoms with Crippen LogP contribution in [0.2, 0.25) is 5.02 Å². The Morgan fingerprint density at radius 3 is 2.60 bits per heavy atom. The number of amides is 1. The van der Waals surface area contributed by atoms with Crippen molar-refractivity contribution in [1.29, 1.82) is 0 Å². The van der Waals surface area contributed by atoms with E-state index in [0.717, 1.165) is 5.39 Å². The molecule has 0 atom stereocenters. The van der Waals surface area contributed by atoms with Crippen LogP contribution in [0.3, 0.4) is 0 Å². The number of furan rings is 1.